The molecule has 9 heteroatoms. The Balaban J connectivity index is 2.47. The van der Waals surface area contributed by atoms with Crippen LogP contribution in [0.25, 0.3) is 6.08 Å². The van der Waals surface area contributed by atoms with E-state index in [0.29, 0.717) is 12.1 Å². The van der Waals surface area contributed by atoms with Gasteiger partial charge in [-0.2, -0.15) is 0 Å². The van der Waals surface area contributed by atoms with Crippen molar-refractivity contribution in [3.05, 3.63) is 52.2 Å². The molecule has 0 amide bonds. The predicted molar refractivity (Wildman–Crippen MR) is 106 cm³/mol. The van der Waals surface area contributed by atoms with E-state index in [1.165, 1.54) is 13.2 Å². The molecule has 2 rings (SSSR count). The first kappa shape index (κ1) is 22.3. The Morgan fingerprint density at radius 3 is 2.69 bits per heavy atom. The number of cyclic esters (lactones) is 1. The quantitative estimate of drug-likeness (QED) is 0.384. The highest BCUT2D eigenvalue weighted by Crippen LogP contribution is 2.37. The number of hydrogen-bond acceptors (Lipinski definition) is 8. The maximum atomic E-state index is 12.5. The lowest BCUT2D eigenvalue weighted by molar-refractivity contribution is -0.147. The van der Waals surface area contributed by atoms with Crippen molar-refractivity contribution in [2.45, 2.75) is 19.3 Å². The molecule has 29 heavy (non-hydrogen) atoms. The van der Waals surface area contributed by atoms with Crippen LogP contribution >= 0.6 is 11.6 Å². The number of nitrogens with one attached hydrogen (secondary N) is 1. The highest BCUT2D eigenvalue weighted by Gasteiger charge is 2.22. The number of allylic oxidation sites excluding steroid dienone is 3. The van der Waals surface area contributed by atoms with Crippen molar-refractivity contribution in [1.82, 2.24) is 5.48 Å². The van der Waals surface area contributed by atoms with Crippen LogP contribution in [-0.2, 0) is 19.1 Å². The summed E-state index contributed by atoms with van der Waals surface area (Å²) < 4.78 is 9.70. The van der Waals surface area contributed by atoms with E-state index in [1.807, 2.05) is 18.2 Å². The Morgan fingerprint density at radius 1 is 1.21 bits per heavy atom. The van der Waals surface area contributed by atoms with Crippen molar-refractivity contribution in [2.24, 2.45) is 0 Å². The van der Waals surface area contributed by atoms with Gasteiger partial charge in [0.1, 0.15) is 17.1 Å². The number of ether oxygens (including phenoxy) is 2. The number of benzene rings is 1. The van der Waals surface area contributed by atoms with Crippen molar-refractivity contribution in [3.63, 3.8) is 0 Å². The third-order valence-corrected chi connectivity index (χ3v) is 4.25. The largest absolute Gasteiger partial charge is 0.507 e. The fourth-order valence-corrected chi connectivity index (χ4v) is 2.64. The summed E-state index contributed by atoms with van der Waals surface area (Å²) in [4.78, 5) is 28.8. The second kappa shape index (κ2) is 11.1. The molecule has 0 fully saturated rings. The van der Waals surface area contributed by atoms with Gasteiger partial charge in [0, 0.05) is 11.6 Å². The van der Waals surface area contributed by atoms with Crippen LogP contribution in [0.3, 0.4) is 0 Å². The Kier molecular flexibility index (Phi) is 8.57. The fraction of sp³-hybridized carbons (Fsp3) is 0.300. The van der Waals surface area contributed by atoms with E-state index in [1.54, 1.807) is 6.08 Å². The van der Waals surface area contributed by atoms with Gasteiger partial charge in [-0.3, -0.25) is 10.3 Å². The molecule has 0 saturated heterocycles. The lowest BCUT2D eigenvalue weighted by atomic mass is 10.0. The first-order chi connectivity index (χ1) is 13.9. The number of rotatable bonds is 4. The smallest absolute Gasteiger partial charge is 0.342 e. The number of phenolic OH excluding ortho intramolecular Hbond substituents is 2. The van der Waals surface area contributed by atoms with Gasteiger partial charge in [-0.25, -0.2) is 9.59 Å². The van der Waals surface area contributed by atoms with Crippen molar-refractivity contribution >= 4 is 29.6 Å². The van der Waals surface area contributed by atoms with Gasteiger partial charge < -0.3 is 19.7 Å². The molecule has 1 aliphatic rings. The molecule has 0 aromatic heterocycles. The summed E-state index contributed by atoms with van der Waals surface area (Å²) in [7, 11) is 1.23. The summed E-state index contributed by atoms with van der Waals surface area (Å²) in [5, 5.41) is 20.0. The number of aromatic hydroxyl groups is 2. The maximum absolute atomic E-state index is 12.5. The molecule has 0 atom stereocenters. The summed E-state index contributed by atoms with van der Waals surface area (Å²) >= 11 is 6.18. The number of carbonyl (C=O) groups excluding carboxylic acids is 2. The van der Waals surface area contributed by atoms with E-state index < -0.39 is 23.4 Å². The molecule has 0 spiro atoms. The van der Waals surface area contributed by atoms with Crippen LogP contribution in [0, 0.1) is 0 Å². The molecular formula is C20H22ClNO7. The molecular weight excluding hydrogens is 402 g/mol. The average molecular weight is 424 g/mol. The van der Waals surface area contributed by atoms with E-state index in [9.17, 15) is 19.8 Å². The summed E-state index contributed by atoms with van der Waals surface area (Å²) in [6.45, 7) is -0.238. The van der Waals surface area contributed by atoms with Gasteiger partial charge in [0.25, 0.3) is 0 Å². The topological polar surface area (TPSA) is 114 Å². The number of esters is 2. The van der Waals surface area contributed by atoms with Gasteiger partial charge in [0.15, 0.2) is 6.61 Å². The Labute approximate surface area is 173 Å². The monoisotopic (exact) mass is 423 g/mol. The Hall–Kier alpha value is -2.97. The van der Waals surface area contributed by atoms with Crippen LogP contribution < -0.4 is 5.48 Å². The van der Waals surface area contributed by atoms with Crippen LogP contribution in [0.1, 0.15) is 35.2 Å². The van der Waals surface area contributed by atoms with Crippen molar-refractivity contribution in [1.29, 1.82) is 0 Å². The third-order valence-electron chi connectivity index (χ3n) is 3.85. The third kappa shape index (κ3) is 6.55. The molecule has 1 heterocycles. The lowest BCUT2D eigenvalue weighted by Gasteiger charge is -2.14. The van der Waals surface area contributed by atoms with Crippen LogP contribution in [0.4, 0.5) is 0 Å². The average Bonchev–Trinajstić information content (AvgIpc) is 2.69. The van der Waals surface area contributed by atoms with Crippen molar-refractivity contribution < 1.29 is 34.1 Å². The maximum Gasteiger partial charge on any atom is 0.342 e. The van der Waals surface area contributed by atoms with Crippen LogP contribution in [0.2, 0.25) is 5.02 Å². The molecule has 1 aromatic carbocycles. The van der Waals surface area contributed by atoms with Gasteiger partial charge >= 0.3 is 11.9 Å². The first-order valence-corrected chi connectivity index (χ1v) is 9.21. The molecule has 8 nitrogen and oxygen atoms in total. The summed E-state index contributed by atoms with van der Waals surface area (Å²) in [5.74, 6) is -2.27. The van der Waals surface area contributed by atoms with Gasteiger partial charge in [-0.15, -0.1) is 0 Å². The van der Waals surface area contributed by atoms with E-state index in [4.69, 9.17) is 21.2 Å². The second-order valence-electron chi connectivity index (χ2n) is 5.96. The summed E-state index contributed by atoms with van der Waals surface area (Å²) in [6.07, 6.45) is 10.8. The second-order valence-corrected chi connectivity index (χ2v) is 6.34. The van der Waals surface area contributed by atoms with Crippen LogP contribution in [0.5, 0.6) is 11.5 Å². The SMILES string of the molecule is COC(=O)CON/C1=C\c2c(Cl)c(O)cc(O)c2C(=O)OCCC=CCCC=C1. The van der Waals surface area contributed by atoms with Gasteiger partial charge in [-0.1, -0.05) is 29.8 Å². The molecule has 0 radical (unpaired) electrons. The number of fused-ring (bicyclic) bond motifs is 1. The molecule has 3 N–H and O–H groups in total. The van der Waals surface area contributed by atoms with Crippen LogP contribution in [0.15, 0.2) is 36.1 Å². The van der Waals surface area contributed by atoms with Crippen molar-refractivity contribution in [3.8, 4) is 11.5 Å². The highest BCUT2D eigenvalue weighted by molar-refractivity contribution is 6.34. The molecule has 0 bridgehead atoms. The number of methoxy groups -OCH3 is 1. The van der Waals surface area contributed by atoms with Gasteiger partial charge in [0.05, 0.1) is 24.4 Å². The zero-order chi connectivity index (χ0) is 21.2. The standard InChI is InChI=1S/C20H22ClNO7/c1-27-17(25)12-29-22-13-8-6-4-2-3-5-7-9-28-20(26)18-14(10-13)19(21)16(24)11-15(18)23/h3,5-6,8,10-11,22-24H,2,4,7,9,12H2,1H3/b5-3?,8-6?,13-10-. The van der Waals surface area contributed by atoms with E-state index in [2.05, 4.69) is 10.2 Å². The minimum absolute atomic E-state index is 0.0376. The van der Waals surface area contributed by atoms with Gasteiger partial charge in [-0.05, 0) is 31.4 Å². The fourth-order valence-electron chi connectivity index (χ4n) is 2.44. The van der Waals surface area contributed by atoms with E-state index in [0.717, 1.165) is 18.9 Å². The number of halogens is 1. The molecule has 1 aromatic rings. The number of hydrogen-bond donors (Lipinski definition) is 3. The normalized spacial score (nSPS) is 16.8. The molecule has 1 aliphatic heterocycles. The minimum Gasteiger partial charge on any atom is -0.507 e. The zero-order valence-corrected chi connectivity index (χ0v) is 16.6. The number of carbonyl (C=O) groups is 2. The van der Waals surface area contributed by atoms with Crippen LogP contribution in [-0.4, -0.2) is 42.5 Å². The minimum atomic E-state index is -0.792. The van der Waals surface area contributed by atoms with E-state index >= 15 is 0 Å². The zero-order valence-electron chi connectivity index (χ0n) is 15.8. The summed E-state index contributed by atoms with van der Waals surface area (Å²) in [6, 6.07) is 0.968. The number of phenols is 2. The summed E-state index contributed by atoms with van der Waals surface area (Å²) in [5.41, 5.74) is 2.72. The van der Waals surface area contributed by atoms with Crippen molar-refractivity contribution in [2.75, 3.05) is 20.3 Å². The molecule has 0 aliphatic carbocycles. The number of hydroxylamine groups is 1. The Bertz CT molecular complexity index is 846. The molecule has 0 unspecified atom stereocenters. The molecule has 156 valence electrons. The predicted octanol–water partition coefficient (Wildman–Crippen LogP) is 3.24. The van der Waals surface area contributed by atoms with E-state index in [-0.39, 0.29) is 29.4 Å². The lowest BCUT2D eigenvalue weighted by Crippen LogP contribution is -2.20. The molecule has 0 saturated carbocycles. The Morgan fingerprint density at radius 2 is 1.93 bits per heavy atom. The van der Waals surface area contributed by atoms with Gasteiger partial charge in [0.2, 0.25) is 0 Å². The highest BCUT2D eigenvalue weighted by atomic mass is 35.5. The first-order valence-electron chi connectivity index (χ1n) is 8.83.